The number of aromatic hydroxyl groups is 2. The van der Waals surface area contributed by atoms with E-state index >= 15 is 0 Å². The highest BCUT2D eigenvalue weighted by Gasteiger charge is 2.11. The number of halogens is 1. The number of carbonyl (C=O) groups excluding carboxylic acids is 1. The van der Waals surface area contributed by atoms with Gasteiger partial charge in [-0.3, -0.25) is 4.79 Å². The maximum absolute atomic E-state index is 12.1. The van der Waals surface area contributed by atoms with Crippen LogP contribution in [-0.2, 0) is 0 Å². The van der Waals surface area contributed by atoms with E-state index in [1.54, 1.807) is 12.1 Å². The first kappa shape index (κ1) is 15.8. The lowest BCUT2D eigenvalue weighted by molar-refractivity contribution is 0.0952. The van der Waals surface area contributed by atoms with Gasteiger partial charge in [0.25, 0.3) is 5.91 Å². The van der Waals surface area contributed by atoms with Gasteiger partial charge < -0.3 is 10.2 Å². The molecule has 3 N–H and O–H groups in total. The van der Waals surface area contributed by atoms with Gasteiger partial charge in [0.2, 0.25) is 0 Å². The van der Waals surface area contributed by atoms with Crippen LogP contribution in [0.15, 0.2) is 59.7 Å². The Hall–Kier alpha value is -3.05. The number of carbonyl (C=O) groups is 1. The molecular formula is C18H13ClN2O3. The predicted molar refractivity (Wildman–Crippen MR) is 93.8 cm³/mol. The van der Waals surface area contributed by atoms with E-state index in [1.165, 1.54) is 24.4 Å². The van der Waals surface area contributed by atoms with Crippen LogP contribution in [0.4, 0.5) is 0 Å². The molecule has 3 rings (SSSR count). The molecule has 0 saturated heterocycles. The van der Waals surface area contributed by atoms with Crippen LogP contribution >= 0.6 is 11.6 Å². The SMILES string of the molecule is O=C(N/N=C/c1c(O)ccc2ccccc12)c1cc(Cl)ccc1O. The lowest BCUT2D eigenvalue weighted by Gasteiger charge is -2.05. The van der Waals surface area contributed by atoms with Crippen LogP contribution in [0.25, 0.3) is 10.8 Å². The van der Waals surface area contributed by atoms with Gasteiger partial charge in [-0.1, -0.05) is 41.9 Å². The molecule has 24 heavy (non-hydrogen) atoms. The summed E-state index contributed by atoms with van der Waals surface area (Å²) in [5, 5.41) is 25.6. The number of hydrazone groups is 1. The monoisotopic (exact) mass is 340 g/mol. The molecule has 0 spiro atoms. The third kappa shape index (κ3) is 3.16. The summed E-state index contributed by atoms with van der Waals surface area (Å²) >= 11 is 5.81. The van der Waals surface area contributed by atoms with Crippen molar-refractivity contribution in [3.8, 4) is 11.5 Å². The highest BCUT2D eigenvalue weighted by atomic mass is 35.5. The molecule has 3 aromatic rings. The van der Waals surface area contributed by atoms with Gasteiger partial charge in [0.15, 0.2) is 0 Å². The molecule has 0 unspecified atom stereocenters. The zero-order valence-corrected chi connectivity index (χ0v) is 13.2. The van der Waals surface area contributed by atoms with E-state index in [1.807, 2.05) is 24.3 Å². The van der Waals surface area contributed by atoms with Crippen molar-refractivity contribution >= 4 is 34.5 Å². The van der Waals surface area contributed by atoms with Crippen LogP contribution in [0.3, 0.4) is 0 Å². The largest absolute Gasteiger partial charge is 0.507 e. The van der Waals surface area contributed by atoms with E-state index in [2.05, 4.69) is 10.5 Å². The molecule has 3 aromatic carbocycles. The van der Waals surface area contributed by atoms with Crippen LogP contribution in [0.5, 0.6) is 11.5 Å². The molecule has 5 nitrogen and oxygen atoms in total. The van der Waals surface area contributed by atoms with Crippen molar-refractivity contribution in [2.75, 3.05) is 0 Å². The fourth-order valence-corrected chi connectivity index (χ4v) is 2.50. The molecule has 0 heterocycles. The summed E-state index contributed by atoms with van der Waals surface area (Å²) in [5.74, 6) is -0.747. The number of phenols is 2. The molecule has 0 fully saturated rings. The van der Waals surface area contributed by atoms with Gasteiger partial charge in [-0.25, -0.2) is 5.43 Å². The van der Waals surface area contributed by atoms with Gasteiger partial charge in [0.1, 0.15) is 11.5 Å². The highest BCUT2D eigenvalue weighted by molar-refractivity contribution is 6.31. The molecule has 0 aliphatic heterocycles. The van der Waals surface area contributed by atoms with Gasteiger partial charge in [0.05, 0.1) is 11.8 Å². The Balaban J connectivity index is 1.86. The molecular weight excluding hydrogens is 328 g/mol. The second kappa shape index (κ2) is 6.60. The summed E-state index contributed by atoms with van der Waals surface area (Å²) in [5.41, 5.74) is 2.81. The Morgan fingerprint density at radius 2 is 1.79 bits per heavy atom. The summed E-state index contributed by atoms with van der Waals surface area (Å²) in [6.45, 7) is 0. The number of hydrogen-bond donors (Lipinski definition) is 3. The van der Waals surface area contributed by atoms with Gasteiger partial charge in [0, 0.05) is 10.6 Å². The second-order valence-corrected chi connectivity index (χ2v) is 5.52. The maximum Gasteiger partial charge on any atom is 0.275 e. The number of phenolic OH excluding ortho intramolecular Hbond substituents is 2. The average molecular weight is 341 g/mol. The van der Waals surface area contributed by atoms with Crippen LogP contribution in [-0.4, -0.2) is 22.3 Å². The van der Waals surface area contributed by atoms with Crippen molar-refractivity contribution in [1.82, 2.24) is 5.43 Å². The van der Waals surface area contributed by atoms with Gasteiger partial charge in [-0.15, -0.1) is 0 Å². The quantitative estimate of drug-likeness (QED) is 0.502. The van der Waals surface area contributed by atoms with Crippen LogP contribution in [0.2, 0.25) is 5.02 Å². The first-order chi connectivity index (χ1) is 11.6. The topological polar surface area (TPSA) is 81.9 Å². The minimum absolute atomic E-state index is 0.0155. The van der Waals surface area contributed by atoms with Crippen LogP contribution in [0, 0.1) is 0 Å². The van der Waals surface area contributed by atoms with E-state index in [0.717, 1.165) is 10.8 Å². The Kier molecular flexibility index (Phi) is 4.35. The van der Waals surface area contributed by atoms with Gasteiger partial charge >= 0.3 is 0 Å². The zero-order valence-electron chi connectivity index (χ0n) is 12.4. The summed E-state index contributed by atoms with van der Waals surface area (Å²) < 4.78 is 0. The summed E-state index contributed by atoms with van der Waals surface area (Å²) in [6, 6.07) is 15.0. The van der Waals surface area contributed by atoms with E-state index in [-0.39, 0.29) is 17.1 Å². The lowest BCUT2D eigenvalue weighted by atomic mass is 10.0. The second-order valence-electron chi connectivity index (χ2n) is 5.08. The van der Waals surface area contributed by atoms with Crippen molar-refractivity contribution in [2.45, 2.75) is 0 Å². The third-order valence-corrected chi connectivity index (χ3v) is 3.75. The fraction of sp³-hybridized carbons (Fsp3) is 0. The minimum atomic E-state index is -0.606. The van der Waals surface area contributed by atoms with E-state index in [4.69, 9.17) is 11.6 Å². The number of nitrogens with zero attached hydrogens (tertiary/aromatic N) is 1. The number of hydrogen-bond acceptors (Lipinski definition) is 4. The van der Waals surface area contributed by atoms with Crippen molar-refractivity contribution in [3.63, 3.8) is 0 Å². The van der Waals surface area contributed by atoms with E-state index in [9.17, 15) is 15.0 Å². The van der Waals surface area contributed by atoms with Crippen molar-refractivity contribution < 1.29 is 15.0 Å². The van der Waals surface area contributed by atoms with Crippen molar-refractivity contribution in [3.05, 3.63) is 70.7 Å². The molecule has 0 aliphatic rings. The third-order valence-electron chi connectivity index (χ3n) is 3.51. The Morgan fingerprint density at radius 1 is 1.04 bits per heavy atom. The summed E-state index contributed by atoms with van der Waals surface area (Å²) in [4.78, 5) is 12.1. The van der Waals surface area contributed by atoms with E-state index in [0.29, 0.717) is 10.6 Å². The highest BCUT2D eigenvalue weighted by Crippen LogP contribution is 2.25. The standard InChI is InChI=1S/C18H13ClN2O3/c19-12-6-8-16(22)14(9-12)18(24)21-20-10-15-13-4-2-1-3-11(13)5-7-17(15)23/h1-10,22-23H,(H,21,24)/b20-10+. The van der Waals surface area contributed by atoms with Gasteiger partial charge in [-0.05, 0) is 35.0 Å². The lowest BCUT2D eigenvalue weighted by Crippen LogP contribution is -2.17. The van der Waals surface area contributed by atoms with Crippen molar-refractivity contribution in [1.29, 1.82) is 0 Å². The molecule has 120 valence electrons. The number of rotatable bonds is 3. The molecule has 6 heteroatoms. The first-order valence-electron chi connectivity index (χ1n) is 7.09. The average Bonchev–Trinajstić information content (AvgIpc) is 2.59. The number of nitrogens with one attached hydrogen (secondary N) is 1. The first-order valence-corrected chi connectivity index (χ1v) is 7.46. The summed E-state index contributed by atoms with van der Waals surface area (Å²) in [7, 11) is 0. The number of amides is 1. The summed E-state index contributed by atoms with van der Waals surface area (Å²) in [6.07, 6.45) is 1.36. The maximum atomic E-state index is 12.1. The van der Waals surface area contributed by atoms with Crippen LogP contribution in [0.1, 0.15) is 15.9 Å². The molecule has 0 aromatic heterocycles. The predicted octanol–water partition coefficient (Wildman–Crippen LogP) is 3.67. The van der Waals surface area contributed by atoms with E-state index < -0.39 is 5.91 Å². The molecule has 0 bridgehead atoms. The Morgan fingerprint density at radius 3 is 2.62 bits per heavy atom. The molecule has 0 saturated carbocycles. The minimum Gasteiger partial charge on any atom is -0.507 e. The smallest absolute Gasteiger partial charge is 0.275 e. The van der Waals surface area contributed by atoms with Crippen LogP contribution < -0.4 is 5.43 Å². The van der Waals surface area contributed by atoms with Gasteiger partial charge in [-0.2, -0.15) is 5.10 Å². The molecule has 0 radical (unpaired) electrons. The Bertz CT molecular complexity index is 954. The zero-order chi connectivity index (χ0) is 17.1. The number of benzene rings is 3. The molecule has 0 atom stereocenters. The Labute approximate surface area is 142 Å². The fourth-order valence-electron chi connectivity index (χ4n) is 2.33. The normalized spacial score (nSPS) is 11.0. The number of fused-ring (bicyclic) bond motifs is 1. The molecule has 0 aliphatic carbocycles. The molecule has 1 amide bonds. The van der Waals surface area contributed by atoms with Crippen molar-refractivity contribution in [2.24, 2.45) is 5.10 Å².